The van der Waals surface area contributed by atoms with Gasteiger partial charge in [0.25, 0.3) is 0 Å². The molecule has 3 heteroatoms. The lowest BCUT2D eigenvalue weighted by Gasteiger charge is -2.22. The number of ketones is 1. The maximum absolute atomic E-state index is 11.8. The number of aliphatic hydroxyl groups is 1. The zero-order chi connectivity index (χ0) is 13.2. The predicted molar refractivity (Wildman–Crippen MR) is 70.1 cm³/mol. The third kappa shape index (κ3) is 2.91. The van der Waals surface area contributed by atoms with Crippen LogP contribution in [0.4, 0.5) is 0 Å². The Balaban J connectivity index is 2.11. The predicted octanol–water partition coefficient (Wildman–Crippen LogP) is 2.75. The van der Waals surface area contributed by atoms with Crippen LogP contribution in [0.3, 0.4) is 0 Å². The molecule has 0 spiro atoms. The average Bonchev–Trinajstić information content (AvgIpc) is 2.37. The van der Waals surface area contributed by atoms with Crippen LogP contribution in [0.5, 0.6) is 5.75 Å². The molecule has 98 valence electrons. The van der Waals surface area contributed by atoms with Crippen LogP contribution in [0.1, 0.15) is 49.0 Å². The Bertz CT molecular complexity index is 449. The average molecular weight is 248 g/mol. The molecule has 0 heterocycles. The molecule has 0 bridgehead atoms. The Morgan fingerprint density at radius 1 is 1.39 bits per heavy atom. The van der Waals surface area contributed by atoms with Gasteiger partial charge in [-0.05, 0) is 43.9 Å². The van der Waals surface area contributed by atoms with Gasteiger partial charge in [0.2, 0.25) is 0 Å². The Kier molecular flexibility index (Phi) is 3.71. The first-order valence-electron chi connectivity index (χ1n) is 6.53. The summed E-state index contributed by atoms with van der Waals surface area (Å²) in [6.07, 6.45) is 3.17. The van der Waals surface area contributed by atoms with Gasteiger partial charge in [-0.2, -0.15) is 0 Å². The van der Waals surface area contributed by atoms with Crippen LogP contribution >= 0.6 is 0 Å². The Hall–Kier alpha value is -1.35. The van der Waals surface area contributed by atoms with E-state index in [-0.39, 0.29) is 12.4 Å². The van der Waals surface area contributed by atoms with E-state index >= 15 is 0 Å². The number of benzene rings is 1. The van der Waals surface area contributed by atoms with Gasteiger partial charge in [-0.1, -0.05) is 13.0 Å². The second-order valence-electron chi connectivity index (χ2n) is 5.23. The highest BCUT2D eigenvalue weighted by atomic mass is 16.5. The van der Waals surface area contributed by atoms with Gasteiger partial charge in [-0.25, -0.2) is 0 Å². The molecule has 1 aromatic carbocycles. The fourth-order valence-electron chi connectivity index (χ4n) is 2.04. The zero-order valence-electron chi connectivity index (χ0n) is 11.0. The monoisotopic (exact) mass is 248 g/mol. The molecule has 2 rings (SSSR count). The van der Waals surface area contributed by atoms with Crippen molar-refractivity contribution in [3.63, 3.8) is 0 Å². The standard InChI is InChI=1S/C15H20O3/c1-3-15(2,17)10-18-12-8-7-11-5-4-6-14(16)13(11)9-12/h7-9,17H,3-6,10H2,1-2H3. The molecule has 0 radical (unpaired) electrons. The smallest absolute Gasteiger partial charge is 0.163 e. The maximum atomic E-state index is 11.8. The number of fused-ring (bicyclic) bond motifs is 1. The van der Waals surface area contributed by atoms with Crippen molar-refractivity contribution in [2.45, 2.75) is 45.1 Å². The van der Waals surface area contributed by atoms with Gasteiger partial charge in [-0.15, -0.1) is 0 Å². The quantitative estimate of drug-likeness (QED) is 0.891. The Labute approximate surface area is 108 Å². The minimum Gasteiger partial charge on any atom is -0.491 e. The normalized spacial score (nSPS) is 18.1. The lowest BCUT2D eigenvalue weighted by Crippen LogP contribution is -2.31. The van der Waals surface area contributed by atoms with Gasteiger partial charge < -0.3 is 9.84 Å². The van der Waals surface area contributed by atoms with Crippen molar-refractivity contribution >= 4 is 5.78 Å². The summed E-state index contributed by atoms with van der Waals surface area (Å²) in [5, 5.41) is 9.88. The summed E-state index contributed by atoms with van der Waals surface area (Å²) >= 11 is 0. The summed E-state index contributed by atoms with van der Waals surface area (Å²) in [6, 6.07) is 5.65. The van der Waals surface area contributed by atoms with Gasteiger partial charge in [-0.3, -0.25) is 4.79 Å². The van der Waals surface area contributed by atoms with E-state index in [9.17, 15) is 9.90 Å². The topological polar surface area (TPSA) is 46.5 Å². The van der Waals surface area contributed by atoms with E-state index in [4.69, 9.17) is 4.74 Å². The van der Waals surface area contributed by atoms with E-state index in [1.54, 1.807) is 6.92 Å². The van der Waals surface area contributed by atoms with E-state index in [2.05, 4.69) is 0 Å². The Morgan fingerprint density at radius 2 is 2.17 bits per heavy atom. The number of ether oxygens (including phenoxy) is 1. The number of hydrogen-bond acceptors (Lipinski definition) is 3. The summed E-state index contributed by atoms with van der Waals surface area (Å²) in [5.41, 5.74) is 1.08. The van der Waals surface area contributed by atoms with Crippen LogP contribution in [0.2, 0.25) is 0 Å². The molecular weight excluding hydrogens is 228 g/mol. The molecular formula is C15H20O3. The summed E-state index contributed by atoms with van der Waals surface area (Å²) in [6.45, 7) is 3.91. The molecule has 0 aromatic heterocycles. The molecule has 1 unspecified atom stereocenters. The van der Waals surface area contributed by atoms with Crippen molar-refractivity contribution in [2.75, 3.05) is 6.61 Å². The van der Waals surface area contributed by atoms with E-state index in [1.165, 1.54) is 0 Å². The Morgan fingerprint density at radius 3 is 2.89 bits per heavy atom. The highest BCUT2D eigenvalue weighted by Gasteiger charge is 2.20. The molecule has 1 aromatic rings. The summed E-state index contributed by atoms with van der Waals surface area (Å²) in [5.74, 6) is 0.863. The SMILES string of the molecule is CCC(C)(O)COc1ccc2c(c1)C(=O)CCC2. The first kappa shape index (κ1) is 13.1. The van der Waals surface area contributed by atoms with Crippen molar-refractivity contribution in [2.24, 2.45) is 0 Å². The van der Waals surface area contributed by atoms with Gasteiger partial charge in [0.1, 0.15) is 12.4 Å². The minimum atomic E-state index is -0.820. The third-order valence-electron chi connectivity index (χ3n) is 3.54. The highest BCUT2D eigenvalue weighted by Crippen LogP contribution is 2.26. The number of rotatable bonds is 4. The molecule has 0 amide bonds. The fraction of sp³-hybridized carbons (Fsp3) is 0.533. The number of hydrogen-bond donors (Lipinski definition) is 1. The number of aryl methyl sites for hydroxylation is 1. The van der Waals surface area contributed by atoms with Crippen LogP contribution in [0, 0.1) is 0 Å². The van der Waals surface area contributed by atoms with E-state index in [0.29, 0.717) is 18.6 Å². The van der Waals surface area contributed by atoms with Crippen LogP contribution in [-0.2, 0) is 6.42 Å². The second-order valence-corrected chi connectivity index (χ2v) is 5.23. The lowest BCUT2D eigenvalue weighted by molar-refractivity contribution is 0.00845. The molecule has 0 saturated heterocycles. The van der Waals surface area contributed by atoms with Crippen LogP contribution in [0.25, 0.3) is 0 Å². The van der Waals surface area contributed by atoms with Gasteiger partial charge in [0.15, 0.2) is 5.78 Å². The van der Waals surface area contributed by atoms with Gasteiger partial charge in [0, 0.05) is 12.0 Å². The van der Waals surface area contributed by atoms with Crippen molar-refractivity contribution in [3.8, 4) is 5.75 Å². The molecule has 0 fully saturated rings. The minimum absolute atomic E-state index is 0.198. The van der Waals surface area contributed by atoms with Gasteiger partial charge >= 0.3 is 0 Å². The van der Waals surface area contributed by atoms with E-state index in [0.717, 1.165) is 24.0 Å². The fourth-order valence-corrected chi connectivity index (χ4v) is 2.04. The highest BCUT2D eigenvalue weighted by molar-refractivity contribution is 5.98. The molecule has 1 aliphatic rings. The van der Waals surface area contributed by atoms with Gasteiger partial charge in [0.05, 0.1) is 5.60 Å². The zero-order valence-corrected chi connectivity index (χ0v) is 11.0. The summed E-state index contributed by atoms with van der Waals surface area (Å²) < 4.78 is 5.57. The van der Waals surface area contributed by atoms with Crippen LogP contribution in [-0.4, -0.2) is 23.1 Å². The van der Waals surface area contributed by atoms with Crippen molar-refractivity contribution in [1.29, 1.82) is 0 Å². The van der Waals surface area contributed by atoms with Crippen molar-refractivity contribution in [1.82, 2.24) is 0 Å². The molecule has 0 saturated carbocycles. The number of carbonyl (C=O) groups is 1. The van der Waals surface area contributed by atoms with Crippen LogP contribution < -0.4 is 4.74 Å². The first-order chi connectivity index (χ1) is 8.52. The van der Waals surface area contributed by atoms with Crippen molar-refractivity contribution in [3.05, 3.63) is 29.3 Å². The summed E-state index contributed by atoms with van der Waals surface area (Å²) in [7, 11) is 0. The molecule has 1 aliphatic carbocycles. The molecule has 1 N–H and O–H groups in total. The lowest BCUT2D eigenvalue weighted by atomic mass is 9.90. The maximum Gasteiger partial charge on any atom is 0.163 e. The van der Waals surface area contributed by atoms with Crippen LogP contribution in [0.15, 0.2) is 18.2 Å². The summed E-state index contributed by atoms with van der Waals surface area (Å²) in [4.78, 5) is 11.8. The number of carbonyl (C=O) groups excluding carboxylic acids is 1. The number of Topliss-reactive ketones (excluding diaryl/α,β-unsaturated/α-hetero) is 1. The largest absolute Gasteiger partial charge is 0.491 e. The molecule has 1 atom stereocenters. The first-order valence-corrected chi connectivity index (χ1v) is 6.53. The van der Waals surface area contributed by atoms with E-state index in [1.807, 2.05) is 25.1 Å². The molecule has 0 aliphatic heterocycles. The molecule has 3 nitrogen and oxygen atoms in total. The third-order valence-corrected chi connectivity index (χ3v) is 3.54. The molecule has 18 heavy (non-hydrogen) atoms. The van der Waals surface area contributed by atoms with Crippen molar-refractivity contribution < 1.29 is 14.6 Å². The van der Waals surface area contributed by atoms with E-state index < -0.39 is 5.60 Å². The second kappa shape index (κ2) is 5.11.